The number of hydrogen-bond acceptors (Lipinski definition) is 1. The summed E-state index contributed by atoms with van der Waals surface area (Å²) in [6.07, 6.45) is 0. The normalized spacial score (nSPS) is 16.0. The van der Waals surface area contributed by atoms with Crippen LogP contribution in [0.1, 0.15) is 27.7 Å². The van der Waals surface area contributed by atoms with Gasteiger partial charge in [0.15, 0.2) is 0 Å². The summed E-state index contributed by atoms with van der Waals surface area (Å²) in [6, 6.07) is 0.774. The third-order valence-electron chi connectivity index (χ3n) is 1.92. The second-order valence-electron chi connectivity index (χ2n) is 3.84. The van der Waals surface area contributed by atoms with Crippen molar-refractivity contribution in [2.75, 3.05) is 0 Å². The van der Waals surface area contributed by atoms with Gasteiger partial charge in [0.1, 0.15) is 0 Å². The summed E-state index contributed by atoms with van der Waals surface area (Å²) >= 11 is 0. The molecule has 0 saturated heterocycles. The van der Waals surface area contributed by atoms with E-state index in [1.54, 1.807) is 0 Å². The van der Waals surface area contributed by atoms with Gasteiger partial charge in [-0.25, -0.2) is 0 Å². The van der Waals surface area contributed by atoms with E-state index in [0.29, 0.717) is 17.9 Å². The van der Waals surface area contributed by atoms with Crippen LogP contribution in [0.4, 0.5) is 0 Å². The third kappa shape index (κ3) is 6.57. The van der Waals surface area contributed by atoms with Crippen LogP contribution in [0.2, 0.25) is 0 Å². The Labute approximate surface area is 103 Å². The molecule has 12 heavy (non-hydrogen) atoms. The minimum Gasteiger partial charge on any atom is -0.343 e. The minimum absolute atomic E-state index is 0. The third-order valence-corrected chi connectivity index (χ3v) is 1.92. The summed E-state index contributed by atoms with van der Waals surface area (Å²) in [4.78, 5) is 0. The molecule has 0 aliphatic carbocycles. The summed E-state index contributed by atoms with van der Waals surface area (Å²) in [5, 5.41) is 3.35. The largest absolute Gasteiger partial charge is 0.343 e. The van der Waals surface area contributed by atoms with Gasteiger partial charge in [-0.1, -0.05) is 33.6 Å². The molecule has 0 rings (SSSR count). The molecule has 0 heterocycles. The van der Waals surface area contributed by atoms with Crippen molar-refractivity contribution in [2.24, 2.45) is 11.8 Å². The molecule has 0 aromatic rings. The molecule has 0 bridgehead atoms. The molecule has 1 radical (unpaired) electrons. The van der Waals surface area contributed by atoms with Gasteiger partial charge in [0.2, 0.25) is 0 Å². The SMILES string of the molecule is [CH2-][C@H](C(C)C)[C@@H]([CH2-])NC(C)C.[Y]. The Morgan fingerprint density at radius 2 is 1.42 bits per heavy atom. The van der Waals surface area contributed by atoms with Gasteiger partial charge in [-0.3, -0.25) is 0 Å². The van der Waals surface area contributed by atoms with Gasteiger partial charge in [0.05, 0.1) is 0 Å². The molecule has 0 aromatic carbocycles. The predicted molar refractivity (Wildman–Crippen MR) is 51.1 cm³/mol. The van der Waals surface area contributed by atoms with Crippen LogP contribution in [0.3, 0.4) is 0 Å². The van der Waals surface area contributed by atoms with E-state index in [4.69, 9.17) is 0 Å². The number of nitrogens with one attached hydrogen (secondary N) is 1. The van der Waals surface area contributed by atoms with Crippen molar-refractivity contribution in [3.05, 3.63) is 13.8 Å². The molecule has 2 atom stereocenters. The fourth-order valence-corrected chi connectivity index (χ4v) is 1.02. The van der Waals surface area contributed by atoms with Gasteiger partial charge < -0.3 is 19.2 Å². The molecule has 0 amide bonds. The van der Waals surface area contributed by atoms with Gasteiger partial charge in [0, 0.05) is 32.7 Å². The molecule has 0 aromatic heterocycles. The van der Waals surface area contributed by atoms with Crippen LogP contribution < -0.4 is 5.32 Å². The first-order valence-corrected chi connectivity index (χ1v) is 4.37. The monoisotopic (exact) mass is 244 g/mol. The van der Waals surface area contributed by atoms with E-state index < -0.39 is 0 Å². The second-order valence-corrected chi connectivity index (χ2v) is 3.84. The average molecular weight is 244 g/mol. The molecule has 2 heteroatoms. The molecule has 0 saturated carbocycles. The average Bonchev–Trinajstić information content (AvgIpc) is 1.84. The Kier molecular flexibility index (Phi) is 9.66. The van der Waals surface area contributed by atoms with Crippen molar-refractivity contribution in [1.82, 2.24) is 5.32 Å². The molecule has 0 aliphatic rings. The van der Waals surface area contributed by atoms with Crippen LogP contribution in [0.25, 0.3) is 0 Å². The maximum atomic E-state index is 4.07. The predicted octanol–water partition coefficient (Wildman–Crippen LogP) is 2.29. The quantitative estimate of drug-likeness (QED) is 0.748. The van der Waals surface area contributed by atoms with Crippen LogP contribution in [-0.4, -0.2) is 12.1 Å². The van der Waals surface area contributed by atoms with Crippen molar-refractivity contribution < 1.29 is 32.7 Å². The summed E-state index contributed by atoms with van der Waals surface area (Å²) in [6.45, 7) is 16.7. The van der Waals surface area contributed by atoms with Crippen molar-refractivity contribution >= 4 is 0 Å². The molecule has 0 fully saturated rings. The van der Waals surface area contributed by atoms with Gasteiger partial charge in [-0.05, 0) is 6.04 Å². The number of rotatable bonds is 4. The Morgan fingerprint density at radius 3 is 1.67 bits per heavy atom. The van der Waals surface area contributed by atoms with Gasteiger partial charge >= 0.3 is 0 Å². The fourth-order valence-electron chi connectivity index (χ4n) is 1.02. The summed E-state index contributed by atoms with van der Waals surface area (Å²) < 4.78 is 0. The van der Waals surface area contributed by atoms with E-state index in [2.05, 4.69) is 46.9 Å². The minimum atomic E-state index is 0. The molecule has 0 aliphatic heterocycles. The first kappa shape index (κ1) is 15.5. The van der Waals surface area contributed by atoms with Crippen LogP contribution in [0.15, 0.2) is 0 Å². The molecule has 71 valence electrons. The molecule has 1 nitrogen and oxygen atoms in total. The Morgan fingerprint density at radius 1 is 1.00 bits per heavy atom. The van der Waals surface area contributed by atoms with Crippen molar-refractivity contribution in [3.8, 4) is 0 Å². The van der Waals surface area contributed by atoms with E-state index in [1.165, 1.54) is 0 Å². The van der Waals surface area contributed by atoms with E-state index in [1.807, 2.05) is 0 Å². The van der Waals surface area contributed by atoms with Crippen molar-refractivity contribution in [2.45, 2.75) is 39.8 Å². The maximum absolute atomic E-state index is 4.07. The molecule has 0 spiro atoms. The van der Waals surface area contributed by atoms with E-state index in [0.717, 1.165) is 0 Å². The summed E-state index contributed by atoms with van der Waals surface area (Å²) in [7, 11) is 0. The first-order valence-electron chi connectivity index (χ1n) is 4.37. The smallest absolute Gasteiger partial charge is 0 e. The maximum Gasteiger partial charge on any atom is 0 e. The van der Waals surface area contributed by atoms with Crippen LogP contribution >= 0.6 is 0 Å². The fraction of sp³-hybridized carbons (Fsp3) is 0.800. The summed E-state index contributed by atoms with van der Waals surface area (Å²) in [5.41, 5.74) is 0. The van der Waals surface area contributed by atoms with E-state index >= 15 is 0 Å². The standard InChI is InChI=1S/C10H21N.Y/c1-7(2)9(5)10(6)11-8(3)4;/h7-11H,5-6H2,1-4H3;/q-2;/t9-,10-;/m1./s1. The Hall–Kier alpha value is 1.06. The van der Waals surface area contributed by atoms with Gasteiger partial charge in [-0.15, -0.1) is 6.04 Å². The van der Waals surface area contributed by atoms with Crippen molar-refractivity contribution in [1.29, 1.82) is 0 Å². The van der Waals surface area contributed by atoms with Crippen molar-refractivity contribution in [3.63, 3.8) is 0 Å². The molecule has 1 N–H and O–H groups in total. The van der Waals surface area contributed by atoms with E-state index in [-0.39, 0.29) is 38.8 Å². The zero-order valence-electron chi connectivity index (χ0n) is 8.80. The van der Waals surface area contributed by atoms with Crippen LogP contribution in [0, 0.1) is 25.7 Å². The molecular weight excluding hydrogens is 223 g/mol. The topological polar surface area (TPSA) is 12.0 Å². The first-order chi connectivity index (χ1) is 4.95. The van der Waals surface area contributed by atoms with Crippen LogP contribution in [0.5, 0.6) is 0 Å². The zero-order chi connectivity index (χ0) is 9.02. The Bertz CT molecular complexity index is 102. The number of hydrogen-bond donors (Lipinski definition) is 1. The zero-order valence-corrected chi connectivity index (χ0v) is 11.6. The molecular formula is C10H21NY-2. The van der Waals surface area contributed by atoms with E-state index in [9.17, 15) is 0 Å². The van der Waals surface area contributed by atoms with Gasteiger partial charge in [-0.2, -0.15) is 5.92 Å². The second kappa shape index (κ2) is 7.47. The molecule has 0 unspecified atom stereocenters. The summed E-state index contributed by atoms with van der Waals surface area (Å²) in [5.74, 6) is 1.00. The Balaban J connectivity index is 0. The van der Waals surface area contributed by atoms with Crippen LogP contribution in [-0.2, 0) is 32.7 Å². The van der Waals surface area contributed by atoms with Gasteiger partial charge in [0.25, 0.3) is 0 Å².